The molecule has 0 bridgehead atoms. The quantitative estimate of drug-likeness (QED) is 0.731. The Morgan fingerprint density at radius 2 is 1.64 bits per heavy atom. The molecule has 3 aromatic carbocycles. The SMILES string of the molecule is O=C1CC(c2cccc3ccccc23)c2cc3c(cc2N1)OCCO3. The molecule has 0 saturated carbocycles. The summed E-state index contributed by atoms with van der Waals surface area (Å²) in [5.41, 5.74) is 3.07. The molecule has 1 amide bonds. The second-order valence-electron chi connectivity index (χ2n) is 6.46. The number of anilines is 1. The Kier molecular flexibility index (Phi) is 3.17. The van der Waals surface area contributed by atoms with Crippen molar-refractivity contribution in [3.8, 4) is 11.5 Å². The van der Waals surface area contributed by atoms with Gasteiger partial charge in [0.05, 0.1) is 0 Å². The van der Waals surface area contributed by atoms with Crippen molar-refractivity contribution in [3.63, 3.8) is 0 Å². The Morgan fingerprint density at radius 3 is 2.52 bits per heavy atom. The number of rotatable bonds is 1. The zero-order chi connectivity index (χ0) is 16.8. The van der Waals surface area contributed by atoms with Crippen LogP contribution in [0.15, 0.2) is 54.6 Å². The van der Waals surface area contributed by atoms with Crippen molar-refractivity contribution >= 4 is 22.4 Å². The third kappa shape index (κ3) is 2.33. The average Bonchev–Trinajstić information content (AvgIpc) is 2.65. The van der Waals surface area contributed by atoms with Crippen LogP contribution >= 0.6 is 0 Å². The summed E-state index contributed by atoms with van der Waals surface area (Å²) in [5, 5.41) is 5.35. The number of benzene rings is 3. The third-order valence-corrected chi connectivity index (χ3v) is 4.95. The lowest BCUT2D eigenvalue weighted by Gasteiger charge is -2.29. The van der Waals surface area contributed by atoms with E-state index >= 15 is 0 Å². The average molecular weight is 331 g/mol. The number of ether oxygens (including phenoxy) is 2. The van der Waals surface area contributed by atoms with Gasteiger partial charge in [0.25, 0.3) is 0 Å². The Bertz CT molecular complexity index is 990. The van der Waals surface area contributed by atoms with Gasteiger partial charge in [-0.25, -0.2) is 0 Å². The second kappa shape index (κ2) is 5.52. The van der Waals surface area contributed by atoms with Crippen LogP contribution in [0.4, 0.5) is 5.69 Å². The molecule has 4 nitrogen and oxygen atoms in total. The minimum absolute atomic E-state index is 0.00526. The number of carbonyl (C=O) groups excluding carboxylic acids is 1. The first-order valence-corrected chi connectivity index (χ1v) is 8.50. The van der Waals surface area contributed by atoms with Gasteiger partial charge in [0.2, 0.25) is 5.91 Å². The first kappa shape index (κ1) is 14.3. The first-order valence-electron chi connectivity index (χ1n) is 8.50. The fourth-order valence-electron chi connectivity index (χ4n) is 3.83. The molecule has 3 aromatic rings. The molecule has 124 valence electrons. The largest absolute Gasteiger partial charge is 0.486 e. The van der Waals surface area contributed by atoms with Gasteiger partial charge >= 0.3 is 0 Å². The number of fused-ring (bicyclic) bond motifs is 3. The van der Waals surface area contributed by atoms with E-state index in [-0.39, 0.29) is 11.8 Å². The summed E-state index contributed by atoms with van der Waals surface area (Å²) in [6.07, 6.45) is 0.431. The van der Waals surface area contributed by atoms with Gasteiger partial charge in [-0.3, -0.25) is 4.79 Å². The molecule has 0 saturated heterocycles. The van der Waals surface area contributed by atoms with E-state index in [9.17, 15) is 4.79 Å². The maximum Gasteiger partial charge on any atom is 0.225 e. The molecule has 4 heteroatoms. The lowest BCUT2D eigenvalue weighted by Crippen LogP contribution is -2.25. The second-order valence-corrected chi connectivity index (χ2v) is 6.46. The summed E-state index contributed by atoms with van der Waals surface area (Å²) in [6.45, 7) is 1.09. The number of carbonyl (C=O) groups is 1. The van der Waals surface area contributed by atoms with Crippen molar-refractivity contribution in [3.05, 3.63) is 65.7 Å². The van der Waals surface area contributed by atoms with Crippen molar-refractivity contribution < 1.29 is 14.3 Å². The predicted molar refractivity (Wildman–Crippen MR) is 96.5 cm³/mol. The van der Waals surface area contributed by atoms with Gasteiger partial charge in [0.15, 0.2) is 11.5 Å². The number of nitrogens with one attached hydrogen (secondary N) is 1. The molecule has 0 radical (unpaired) electrons. The van der Waals surface area contributed by atoms with Crippen molar-refractivity contribution in [2.45, 2.75) is 12.3 Å². The fraction of sp³-hybridized carbons (Fsp3) is 0.190. The monoisotopic (exact) mass is 331 g/mol. The van der Waals surface area contributed by atoms with Crippen LogP contribution in [-0.4, -0.2) is 19.1 Å². The molecule has 0 spiro atoms. The molecule has 25 heavy (non-hydrogen) atoms. The van der Waals surface area contributed by atoms with E-state index in [2.05, 4.69) is 35.6 Å². The summed E-state index contributed by atoms with van der Waals surface area (Å²) in [4.78, 5) is 12.3. The van der Waals surface area contributed by atoms with Gasteiger partial charge in [-0.2, -0.15) is 0 Å². The third-order valence-electron chi connectivity index (χ3n) is 4.95. The van der Waals surface area contributed by atoms with Crippen LogP contribution in [0.3, 0.4) is 0 Å². The maximum atomic E-state index is 12.3. The summed E-state index contributed by atoms with van der Waals surface area (Å²) < 4.78 is 11.4. The van der Waals surface area contributed by atoms with E-state index in [1.165, 1.54) is 16.3 Å². The smallest absolute Gasteiger partial charge is 0.225 e. The fourth-order valence-corrected chi connectivity index (χ4v) is 3.83. The van der Waals surface area contributed by atoms with Gasteiger partial charge in [-0.1, -0.05) is 42.5 Å². The molecule has 2 aliphatic heterocycles. The number of hydrogen-bond acceptors (Lipinski definition) is 3. The molecule has 1 atom stereocenters. The molecule has 5 rings (SSSR count). The van der Waals surface area contributed by atoms with E-state index in [1.807, 2.05) is 24.3 Å². The van der Waals surface area contributed by atoms with E-state index < -0.39 is 0 Å². The van der Waals surface area contributed by atoms with E-state index in [0.29, 0.717) is 25.4 Å². The molecule has 0 fully saturated rings. The maximum absolute atomic E-state index is 12.3. The normalized spacial score (nSPS) is 18.6. The van der Waals surface area contributed by atoms with Crippen molar-refractivity contribution in [1.82, 2.24) is 0 Å². The number of hydrogen-bond donors (Lipinski definition) is 1. The van der Waals surface area contributed by atoms with Gasteiger partial charge < -0.3 is 14.8 Å². The molecule has 0 aliphatic carbocycles. The zero-order valence-corrected chi connectivity index (χ0v) is 13.6. The van der Waals surface area contributed by atoms with Crippen LogP contribution in [0, 0.1) is 0 Å². The first-order chi connectivity index (χ1) is 12.3. The highest BCUT2D eigenvalue weighted by Crippen LogP contribution is 2.45. The Hall–Kier alpha value is -3.01. The molecule has 2 aliphatic rings. The van der Waals surface area contributed by atoms with Crippen molar-refractivity contribution in [1.29, 1.82) is 0 Å². The molecular formula is C21H17NO3. The van der Waals surface area contributed by atoms with Gasteiger partial charge in [0, 0.05) is 24.1 Å². The summed E-state index contributed by atoms with van der Waals surface area (Å²) in [7, 11) is 0. The molecular weight excluding hydrogens is 314 g/mol. The summed E-state index contributed by atoms with van der Waals surface area (Å²) >= 11 is 0. The predicted octanol–water partition coefficient (Wildman–Crippen LogP) is 4.09. The van der Waals surface area contributed by atoms with Crippen LogP contribution in [-0.2, 0) is 4.79 Å². The minimum Gasteiger partial charge on any atom is -0.486 e. The molecule has 2 heterocycles. The van der Waals surface area contributed by atoms with Crippen LogP contribution in [0.1, 0.15) is 23.5 Å². The lowest BCUT2D eigenvalue weighted by atomic mass is 9.82. The minimum atomic E-state index is 0.00526. The zero-order valence-electron chi connectivity index (χ0n) is 13.6. The molecule has 1 unspecified atom stereocenters. The summed E-state index contributed by atoms with van der Waals surface area (Å²) in [6, 6.07) is 18.5. The van der Waals surface area contributed by atoms with Gasteiger partial charge in [0.1, 0.15) is 13.2 Å². The van der Waals surface area contributed by atoms with Crippen LogP contribution in [0.25, 0.3) is 10.8 Å². The highest BCUT2D eigenvalue weighted by molar-refractivity contribution is 5.97. The van der Waals surface area contributed by atoms with E-state index in [4.69, 9.17) is 9.47 Å². The van der Waals surface area contributed by atoms with Gasteiger partial charge in [-0.15, -0.1) is 0 Å². The van der Waals surface area contributed by atoms with Crippen molar-refractivity contribution in [2.24, 2.45) is 0 Å². The van der Waals surface area contributed by atoms with Crippen LogP contribution in [0.2, 0.25) is 0 Å². The Labute approximate surface area is 145 Å². The van der Waals surface area contributed by atoms with Crippen LogP contribution < -0.4 is 14.8 Å². The summed E-state index contributed by atoms with van der Waals surface area (Å²) in [5.74, 6) is 1.49. The van der Waals surface area contributed by atoms with Gasteiger partial charge in [-0.05, 0) is 28.0 Å². The molecule has 1 N–H and O–H groups in total. The topological polar surface area (TPSA) is 47.6 Å². The van der Waals surface area contributed by atoms with Crippen molar-refractivity contribution in [2.75, 3.05) is 18.5 Å². The highest BCUT2D eigenvalue weighted by atomic mass is 16.6. The number of amides is 1. The lowest BCUT2D eigenvalue weighted by molar-refractivity contribution is -0.116. The van der Waals surface area contributed by atoms with E-state index in [0.717, 1.165) is 17.0 Å². The standard InChI is InChI=1S/C21H17NO3/c23-21-11-16(15-7-3-5-13-4-1-2-6-14(13)15)17-10-19-20(12-18(17)22-21)25-9-8-24-19/h1-7,10,12,16H,8-9,11H2,(H,22,23). The Balaban J connectivity index is 1.71. The molecule has 0 aromatic heterocycles. The van der Waals surface area contributed by atoms with Crippen LogP contribution in [0.5, 0.6) is 11.5 Å². The van der Waals surface area contributed by atoms with E-state index in [1.54, 1.807) is 0 Å². The highest BCUT2D eigenvalue weighted by Gasteiger charge is 2.30. The Morgan fingerprint density at radius 1 is 0.880 bits per heavy atom.